The number of benzene rings is 2. The zero-order valence-electron chi connectivity index (χ0n) is 10.4. The molecule has 1 unspecified atom stereocenters. The van der Waals surface area contributed by atoms with Gasteiger partial charge in [-0.1, -0.05) is 54.1 Å². The summed E-state index contributed by atoms with van der Waals surface area (Å²) in [6.45, 7) is -0.555. The SMILES string of the molecule is O=C(CC(CF)c1ccc(Cl)cc1)c1ccccc1. The Balaban J connectivity index is 2.11. The summed E-state index contributed by atoms with van der Waals surface area (Å²) in [7, 11) is 0. The maximum absolute atomic E-state index is 13.1. The van der Waals surface area contributed by atoms with E-state index in [1.54, 1.807) is 48.5 Å². The molecule has 0 aliphatic heterocycles. The summed E-state index contributed by atoms with van der Waals surface area (Å²) in [5.41, 5.74) is 1.42. The van der Waals surface area contributed by atoms with Crippen LogP contribution in [0.25, 0.3) is 0 Å². The zero-order chi connectivity index (χ0) is 13.7. The number of alkyl halides is 1. The molecule has 0 aliphatic carbocycles. The van der Waals surface area contributed by atoms with Crippen molar-refractivity contribution in [1.29, 1.82) is 0 Å². The Kier molecular flexibility index (Phi) is 4.69. The maximum Gasteiger partial charge on any atom is 0.163 e. The minimum Gasteiger partial charge on any atom is -0.294 e. The van der Waals surface area contributed by atoms with Gasteiger partial charge in [-0.3, -0.25) is 9.18 Å². The van der Waals surface area contributed by atoms with Crippen molar-refractivity contribution in [3.8, 4) is 0 Å². The summed E-state index contributed by atoms with van der Waals surface area (Å²) < 4.78 is 13.1. The van der Waals surface area contributed by atoms with Gasteiger partial charge in [-0.05, 0) is 17.7 Å². The standard InChI is InChI=1S/C16H14ClFO/c17-15-8-6-12(7-9-15)14(11-18)10-16(19)13-4-2-1-3-5-13/h1-9,14H,10-11H2. The Morgan fingerprint density at radius 1 is 1.05 bits per heavy atom. The molecule has 0 N–H and O–H groups in total. The van der Waals surface area contributed by atoms with Gasteiger partial charge in [0, 0.05) is 22.9 Å². The minimum absolute atomic E-state index is 0.0433. The first-order chi connectivity index (χ1) is 9.20. The van der Waals surface area contributed by atoms with E-state index in [9.17, 15) is 9.18 Å². The highest BCUT2D eigenvalue weighted by atomic mass is 35.5. The van der Waals surface area contributed by atoms with Gasteiger partial charge in [0.15, 0.2) is 5.78 Å². The van der Waals surface area contributed by atoms with E-state index in [0.29, 0.717) is 10.6 Å². The van der Waals surface area contributed by atoms with Crippen molar-refractivity contribution in [1.82, 2.24) is 0 Å². The van der Waals surface area contributed by atoms with Gasteiger partial charge in [0.1, 0.15) is 0 Å². The Morgan fingerprint density at radius 2 is 1.68 bits per heavy atom. The van der Waals surface area contributed by atoms with Gasteiger partial charge in [-0.2, -0.15) is 0 Å². The van der Waals surface area contributed by atoms with Gasteiger partial charge in [0.25, 0.3) is 0 Å². The van der Waals surface area contributed by atoms with Crippen molar-refractivity contribution in [2.24, 2.45) is 0 Å². The molecule has 3 heteroatoms. The molecule has 0 aliphatic rings. The second-order valence-electron chi connectivity index (χ2n) is 4.40. The first-order valence-electron chi connectivity index (χ1n) is 6.10. The maximum atomic E-state index is 13.1. The molecule has 0 radical (unpaired) electrons. The monoisotopic (exact) mass is 276 g/mol. The smallest absolute Gasteiger partial charge is 0.163 e. The van der Waals surface area contributed by atoms with Crippen LogP contribution < -0.4 is 0 Å². The van der Waals surface area contributed by atoms with Crippen LogP contribution in [0.2, 0.25) is 5.02 Å². The van der Waals surface area contributed by atoms with Gasteiger partial charge in [-0.25, -0.2) is 0 Å². The lowest BCUT2D eigenvalue weighted by atomic mass is 9.93. The summed E-state index contributed by atoms with van der Waals surface area (Å²) in [6.07, 6.45) is 0.169. The average Bonchev–Trinajstić information content (AvgIpc) is 2.46. The van der Waals surface area contributed by atoms with Crippen LogP contribution in [0.1, 0.15) is 28.3 Å². The van der Waals surface area contributed by atoms with Crippen LogP contribution in [0.5, 0.6) is 0 Å². The van der Waals surface area contributed by atoms with Crippen molar-refractivity contribution in [3.05, 3.63) is 70.7 Å². The Hall–Kier alpha value is -1.67. The predicted octanol–water partition coefficient (Wildman–Crippen LogP) is 4.67. The van der Waals surface area contributed by atoms with Gasteiger partial charge in [0.2, 0.25) is 0 Å². The minimum atomic E-state index is -0.555. The number of hydrogen-bond donors (Lipinski definition) is 0. The average molecular weight is 277 g/mol. The fraction of sp³-hybridized carbons (Fsp3) is 0.188. The van der Waals surface area contributed by atoms with E-state index in [-0.39, 0.29) is 12.2 Å². The molecule has 0 bridgehead atoms. The summed E-state index contributed by atoms with van der Waals surface area (Å²) in [5.74, 6) is -0.455. The number of halogens is 2. The van der Waals surface area contributed by atoms with E-state index in [1.165, 1.54) is 0 Å². The fourth-order valence-electron chi connectivity index (χ4n) is 1.96. The molecule has 19 heavy (non-hydrogen) atoms. The molecule has 0 spiro atoms. The normalized spacial score (nSPS) is 12.1. The summed E-state index contributed by atoms with van der Waals surface area (Å²) in [4.78, 5) is 12.1. The summed E-state index contributed by atoms with van der Waals surface area (Å²) >= 11 is 5.80. The van der Waals surface area contributed by atoms with Crippen LogP contribution in [0.4, 0.5) is 4.39 Å². The van der Waals surface area contributed by atoms with Crippen LogP contribution >= 0.6 is 11.6 Å². The topological polar surface area (TPSA) is 17.1 Å². The van der Waals surface area contributed by atoms with Gasteiger partial charge >= 0.3 is 0 Å². The van der Waals surface area contributed by atoms with Crippen LogP contribution in [0, 0.1) is 0 Å². The molecule has 1 atom stereocenters. The quantitative estimate of drug-likeness (QED) is 0.726. The van der Waals surface area contributed by atoms with Gasteiger partial charge in [0.05, 0.1) is 6.67 Å². The van der Waals surface area contributed by atoms with E-state index >= 15 is 0 Å². The molecular formula is C16H14ClFO. The predicted molar refractivity (Wildman–Crippen MR) is 75.6 cm³/mol. The molecule has 1 nitrogen and oxygen atoms in total. The van der Waals surface area contributed by atoms with E-state index in [4.69, 9.17) is 11.6 Å². The third kappa shape index (κ3) is 3.65. The molecule has 0 heterocycles. The Morgan fingerprint density at radius 3 is 2.26 bits per heavy atom. The van der Waals surface area contributed by atoms with Crippen molar-refractivity contribution in [2.75, 3.05) is 6.67 Å². The third-order valence-corrected chi connectivity index (χ3v) is 3.31. The molecule has 0 aromatic heterocycles. The number of ketones is 1. The lowest BCUT2D eigenvalue weighted by Gasteiger charge is -2.13. The highest BCUT2D eigenvalue weighted by Crippen LogP contribution is 2.24. The molecule has 98 valence electrons. The first kappa shape index (κ1) is 13.8. The van der Waals surface area contributed by atoms with Crippen LogP contribution in [0.15, 0.2) is 54.6 Å². The van der Waals surface area contributed by atoms with Crippen molar-refractivity contribution < 1.29 is 9.18 Å². The molecular weight excluding hydrogens is 263 g/mol. The number of Topliss-reactive ketones (excluding diaryl/α,β-unsaturated/α-hetero) is 1. The van der Waals surface area contributed by atoms with E-state index in [1.807, 2.05) is 6.07 Å². The largest absolute Gasteiger partial charge is 0.294 e. The van der Waals surface area contributed by atoms with Gasteiger partial charge < -0.3 is 0 Å². The molecule has 0 fully saturated rings. The molecule has 0 amide bonds. The van der Waals surface area contributed by atoms with Crippen molar-refractivity contribution in [2.45, 2.75) is 12.3 Å². The first-order valence-corrected chi connectivity index (χ1v) is 6.48. The van der Waals surface area contributed by atoms with E-state index < -0.39 is 12.6 Å². The van der Waals surface area contributed by atoms with Crippen LogP contribution in [0.3, 0.4) is 0 Å². The number of hydrogen-bond acceptors (Lipinski definition) is 1. The van der Waals surface area contributed by atoms with Crippen LogP contribution in [-0.2, 0) is 0 Å². The second-order valence-corrected chi connectivity index (χ2v) is 4.83. The van der Waals surface area contributed by atoms with Crippen molar-refractivity contribution in [3.63, 3.8) is 0 Å². The highest BCUT2D eigenvalue weighted by molar-refractivity contribution is 6.30. The lowest BCUT2D eigenvalue weighted by molar-refractivity contribution is 0.0969. The van der Waals surface area contributed by atoms with Gasteiger partial charge in [-0.15, -0.1) is 0 Å². The summed E-state index contributed by atoms with van der Waals surface area (Å²) in [6, 6.07) is 15.9. The zero-order valence-corrected chi connectivity index (χ0v) is 11.1. The number of rotatable bonds is 5. The van der Waals surface area contributed by atoms with E-state index in [2.05, 4.69) is 0 Å². The lowest BCUT2D eigenvalue weighted by Crippen LogP contribution is -2.09. The van der Waals surface area contributed by atoms with Crippen molar-refractivity contribution >= 4 is 17.4 Å². The Bertz CT molecular complexity index is 536. The molecule has 0 saturated carbocycles. The molecule has 0 saturated heterocycles. The molecule has 2 aromatic rings. The fourth-order valence-corrected chi connectivity index (χ4v) is 2.09. The third-order valence-electron chi connectivity index (χ3n) is 3.06. The Labute approximate surface area is 117 Å². The second kappa shape index (κ2) is 6.48. The number of carbonyl (C=O) groups excluding carboxylic acids is 1. The molecule has 2 aromatic carbocycles. The van der Waals surface area contributed by atoms with E-state index in [0.717, 1.165) is 5.56 Å². The molecule has 2 rings (SSSR count). The number of carbonyl (C=O) groups is 1. The highest BCUT2D eigenvalue weighted by Gasteiger charge is 2.17. The van der Waals surface area contributed by atoms with Crippen LogP contribution in [-0.4, -0.2) is 12.5 Å². The summed E-state index contributed by atoms with van der Waals surface area (Å²) in [5, 5.41) is 0.607.